The maximum absolute atomic E-state index is 8.60. The molecular formula is C20H22ClN5O2S2. The van der Waals surface area contributed by atoms with Crippen LogP contribution in [0.15, 0.2) is 41.3 Å². The Kier molecular flexibility index (Phi) is 7.19. The minimum atomic E-state index is 0.178. The Labute approximate surface area is 188 Å². The van der Waals surface area contributed by atoms with Crippen LogP contribution in [0.2, 0.25) is 5.02 Å². The molecule has 2 aromatic carbocycles. The minimum absolute atomic E-state index is 0.178. The van der Waals surface area contributed by atoms with Crippen LogP contribution in [-0.4, -0.2) is 48.2 Å². The molecule has 3 rings (SSSR count). The van der Waals surface area contributed by atoms with Gasteiger partial charge in [0.15, 0.2) is 11.5 Å². The standard InChI is InChI=1S/C20H22ClN5O2S2/c1-25(2)30-17-11-16(28-4)15(27-3)9-13(17)10-18(22)26-20(23)29-19(24-26)12-6-5-7-14(21)8-12/h5-9,11,22-23H,10H2,1-4H3. The van der Waals surface area contributed by atoms with Crippen LogP contribution in [0.4, 0.5) is 0 Å². The first-order valence-electron chi connectivity index (χ1n) is 8.91. The largest absolute Gasteiger partial charge is 0.493 e. The predicted octanol–water partition coefficient (Wildman–Crippen LogP) is 4.40. The van der Waals surface area contributed by atoms with Crippen LogP contribution in [0.5, 0.6) is 11.5 Å². The van der Waals surface area contributed by atoms with Gasteiger partial charge in [-0.05, 0) is 55.9 Å². The normalized spacial score (nSPS) is 11.0. The summed E-state index contributed by atoms with van der Waals surface area (Å²) < 4.78 is 14.2. The Bertz CT molecular complexity index is 1130. The van der Waals surface area contributed by atoms with Gasteiger partial charge in [-0.3, -0.25) is 15.1 Å². The zero-order valence-electron chi connectivity index (χ0n) is 17.0. The van der Waals surface area contributed by atoms with Crippen molar-refractivity contribution in [2.24, 2.45) is 0 Å². The Morgan fingerprint density at radius 1 is 1.20 bits per heavy atom. The zero-order valence-corrected chi connectivity index (χ0v) is 19.4. The van der Waals surface area contributed by atoms with Gasteiger partial charge in [-0.25, -0.2) is 0 Å². The predicted molar refractivity (Wildman–Crippen MR) is 122 cm³/mol. The van der Waals surface area contributed by atoms with Crippen molar-refractivity contribution in [1.82, 2.24) is 14.1 Å². The van der Waals surface area contributed by atoms with Crippen LogP contribution in [0.1, 0.15) is 5.56 Å². The third kappa shape index (κ3) is 5.04. The maximum Gasteiger partial charge on any atom is 0.206 e. The molecule has 1 aromatic heterocycles. The molecule has 0 bridgehead atoms. The molecule has 0 amide bonds. The molecule has 0 unspecified atom stereocenters. The Morgan fingerprint density at radius 2 is 1.90 bits per heavy atom. The van der Waals surface area contributed by atoms with E-state index in [9.17, 15) is 0 Å². The topological polar surface area (TPSA) is 87.2 Å². The number of ether oxygens (including phenoxy) is 2. The van der Waals surface area contributed by atoms with Crippen molar-refractivity contribution in [3.63, 3.8) is 0 Å². The van der Waals surface area contributed by atoms with Gasteiger partial charge in [0.05, 0.1) is 14.2 Å². The van der Waals surface area contributed by atoms with E-state index in [1.54, 1.807) is 26.4 Å². The quantitative estimate of drug-likeness (QED) is 0.308. The molecule has 10 heteroatoms. The lowest BCUT2D eigenvalue weighted by atomic mass is 10.1. The van der Waals surface area contributed by atoms with E-state index in [0.29, 0.717) is 21.5 Å². The molecule has 0 atom stereocenters. The monoisotopic (exact) mass is 463 g/mol. The molecule has 0 aliphatic heterocycles. The molecule has 1 heterocycles. The summed E-state index contributed by atoms with van der Waals surface area (Å²) in [4.78, 5) is 1.12. The lowest BCUT2D eigenvalue weighted by Gasteiger charge is -2.17. The van der Waals surface area contributed by atoms with Gasteiger partial charge in [-0.2, -0.15) is 9.78 Å². The summed E-state index contributed by atoms with van der Waals surface area (Å²) in [5, 5.41) is 22.6. The van der Waals surface area contributed by atoms with Gasteiger partial charge in [0.1, 0.15) is 10.8 Å². The fraction of sp³-hybridized carbons (Fsp3) is 0.250. The molecule has 30 heavy (non-hydrogen) atoms. The van der Waals surface area contributed by atoms with Gasteiger partial charge in [0.2, 0.25) is 4.80 Å². The molecule has 158 valence electrons. The van der Waals surface area contributed by atoms with Gasteiger partial charge in [-0.15, -0.1) is 0 Å². The molecule has 0 aliphatic carbocycles. The highest BCUT2D eigenvalue weighted by atomic mass is 35.5. The highest BCUT2D eigenvalue weighted by Crippen LogP contribution is 2.36. The average Bonchev–Trinajstić information content (AvgIpc) is 3.10. The van der Waals surface area contributed by atoms with Gasteiger partial charge in [0.25, 0.3) is 0 Å². The number of hydrogen-bond donors (Lipinski definition) is 2. The smallest absolute Gasteiger partial charge is 0.206 e. The van der Waals surface area contributed by atoms with E-state index in [-0.39, 0.29) is 17.1 Å². The van der Waals surface area contributed by atoms with E-state index in [1.807, 2.05) is 42.7 Å². The number of methoxy groups -OCH3 is 2. The molecule has 0 aliphatic rings. The lowest BCUT2D eigenvalue weighted by Crippen LogP contribution is -2.25. The number of aromatic nitrogens is 2. The maximum atomic E-state index is 8.60. The second-order valence-corrected chi connectivity index (χ2v) is 9.24. The molecule has 0 fully saturated rings. The van der Waals surface area contributed by atoms with Gasteiger partial charge in [0, 0.05) is 21.9 Å². The van der Waals surface area contributed by atoms with Crippen LogP contribution >= 0.6 is 34.9 Å². The second kappa shape index (κ2) is 9.65. The summed E-state index contributed by atoms with van der Waals surface area (Å²) in [6.45, 7) is 0. The summed E-state index contributed by atoms with van der Waals surface area (Å²) in [5.74, 6) is 1.41. The zero-order chi connectivity index (χ0) is 21.8. The van der Waals surface area contributed by atoms with Gasteiger partial charge < -0.3 is 9.47 Å². The van der Waals surface area contributed by atoms with Gasteiger partial charge >= 0.3 is 0 Å². The molecular weight excluding hydrogens is 442 g/mol. The van der Waals surface area contributed by atoms with Crippen LogP contribution in [0, 0.1) is 10.8 Å². The number of halogens is 1. The summed E-state index contributed by atoms with van der Waals surface area (Å²) in [7, 11) is 7.08. The van der Waals surface area contributed by atoms with Crippen molar-refractivity contribution < 1.29 is 9.47 Å². The molecule has 0 radical (unpaired) electrons. The third-order valence-electron chi connectivity index (χ3n) is 4.11. The molecule has 0 saturated heterocycles. The van der Waals surface area contributed by atoms with Crippen LogP contribution < -0.4 is 14.3 Å². The second-order valence-electron chi connectivity index (χ2n) is 6.48. The molecule has 3 aromatic rings. The number of benzene rings is 2. The highest BCUT2D eigenvalue weighted by molar-refractivity contribution is 7.97. The first kappa shape index (κ1) is 22.4. The Morgan fingerprint density at radius 3 is 2.53 bits per heavy atom. The van der Waals surface area contributed by atoms with E-state index in [0.717, 1.165) is 16.0 Å². The number of nitrogens with zero attached hydrogens (tertiary/aromatic N) is 3. The Balaban J connectivity index is 1.95. The molecule has 7 nitrogen and oxygen atoms in total. The fourth-order valence-corrected chi connectivity index (χ4v) is 4.57. The van der Waals surface area contributed by atoms with Crippen LogP contribution in [-0.2, 0) is 6.42 Å². The lowest BCUT2D eigenvalue weighted by molar-refractivity contribution is 0.353. The first-order valence-corrected chi connectivity index (χ1v) is 10.9. The number of nitrogens with one attached hydrogen (secondary N) is 2. The van der Waals surface area contributed by atoms with Crippen molar-refractivity contribution in [1.29, 1.82) is 10.8 Å². The third-order valence-corrected chi connectivity index (χ3v) is 6.16. The molecule has 0 saturated carbocycles. The van der Waals surface area contributed by atoms with Crippen molar-refractivity contribution >= 4 is 40.7 Å². The van der Waals surface area contributed by atoms with Crippen molar-refractivity contribution in [2.45, 2.75) is 11.3 Å². The SMILES string of the molecule is COc1cc(CC(=N)n2nc(-c3cccc(Cl)c3)sc2=N)c(SN(C)C)cc1OC. The number of rotatable bonds is 7. The van der Waals surface area contributed by atoms with E-state index in [2.05, 4.69) is 5.10 Å². The summed E-state index contributed by atoms with van der Waals surface area (Å²) in [6, 6.07) is 11.1. The van der Waals surface area contributed by atoms with E-state index in [1.165, 1.54) is 28.0 Å². The summed E-state index contributed by atoms with van der Waals surface area (Å²) >= 11 is 8.81. The average molecular weight is 464 g/mol. The van der Waals surface area contributed by atoms with E-state index >= 15 is 0 Å². The first-order chi connectivity index (χ1) is 14.3. The fourth-order valence-electron chi connectivity index (χ4n) is 2.79. The minimum Gasteiger partial charge on any atom is -0.493 e. The van der Waals surface area contributed by atoms with Crippen molar-refractivity contribution in [3.8, 4) is 22.1 Å². The summed E-state index contributed by atoms with van der Waals surface area (Å²) in [6.07, 6.45) is 0.284. The Hall–Kier alpha value is -2.33. The van der Waals surface area contributed by atoms with Crippen LogP contribution in [0.25, 0.3) is 10.6 Å². The number of hydrogen-bond acceptors (Lipinski definition) is 8. The van der Waals surface area contributed by atoms with E-state index < -0.39 is 0 Å². The van der Waals surface area contributed by atoms with Gasteiger partial charge in [-0.1, -0.05) is 35.1 Å². The molecule has 2 N–H and O–H groups in total. The van der Waals surface area contributed by atoms with Crippen molar-refractivity contribution in [2.75, 3.05) is 28.3 Å². The molecule has 0 spiro atoms. The summed E-state index contributed by atoms with van der Waals surface area (Å²) in [5.41, 5.74) is 1.71. The van der Waals surface area contributed by atoms with Crippen LogP contribution in [0.3, 0.4) is 0 Å². The van der Waals surface area contributed by atoms with E-state index in [4.69, 9.17) is 31.9 Å². The van der Waals surface area contributed by atoms with Crippen molar-refractivity contribution in [3.05, 3.63) is 51.8 Å². The highest BCUT2D eigenvalue weighted by Gasteiger charge is 2.17.